The minimum absolute atomic E-state index is 0. The molecule has 0 aliphatic rings. The van der Waals surface area contributed by atoms with Crippen LogP contribution in [0.4, 0.5) is 5.95 Å². The maximum Gasteiger partial charge on any atom is 0.257 e. The molecule has 0 saturated heterocycles. The number of aromatic nitrogens is 2. The average Bonchev–Trinajstić information content (AvgIpc) is 3.00. The van der Waals surface area contributed by atoms with E-state index in [1.165, 1.54) is 0 Å². The third-order valence-corrected chi connectivity index (χ3v) is 4.77. The van der Waals surface area contributed by atoms with Crippen molar-refractivity contribution in [3.05, 3.63) is 59.1 Å². The van der Waals surface area contributed by atoms with Gasteiger partial charge in [-0.25, -0.2) is 4.98 Å². The fraction of sp³-hybridized carbons (Fsp3) is 0.300. The quantitative estimate of drug-likeness (QED) is 0.618. The zero-order valence-corrected chi connectivity index (χ0v) is 17.1. The Bertz CT molecular complexity index is 889. The predicted octanol–water partition coefficient (Wildman–Crippen LogP) is 4.71. The molecule has 1 N–H and O–H groups in total. The van der Waals surface area contributed by atoms with Gasteiger partial charge in [0, 0.05) is 23.7 Å². The first-order chi connectivity index (χ1) is 12.6. The molecule has 1 amide bonds. The number of likely N-dealkylation sites (N-methyl/N-ethyl adjacent to an activating group) is 1. The van der Waals surface area contributed by atoms with Gasteiger partial charge in [0.15, 0.2) is 0 Å². The van der Waals surface area contributed by atoms with Crippen LogP contribution in [0.1, 0.15) is 24.2 Å². The van der Waals surface area contributed by atoms with Crippen molar-refractivity contribution in [1.29, 1.82) is 0 Å². The number of amides is 1. The molecule has 0 unspecified atom stereocenters. The van der Waals surface area contributed by atoms with Gasteiger partial charge in [0.2, 0.25) is 5.95 Å². The highest BCUT2D eigenvalue weighted by Gasteiger charge is 2.15. The van der Waals surface area contributed by atoms with E-state index in [0.717, 1.165) is 37.2 Å². The predicted molar refractivity (Wildman–Crippen MR) is 114 cm³/mol. The van der Waals surface area contributed by atoms with E-state index < -0.39 is 0 Å². The van der Waals surface area contributed by atoms with E-state index in [-0.39, 0.29) is 18.3 Å². The van der Waals surface area contributed by atoms with Crippen molar-refractivity contribution in [2.45, 2.75) is 20.4 Å². The van der Waals surface area contributed by atoms with E-state index in [1.54, 1.807) is 24.3 Å². The highest BCUT2D eigenvalue weighted by molar-refractivity contribution is 6.30. The fourth-order valence-electron chi connectivity index (χ4n) is 2.95. The Balaban J connectivity index is 0.00000261. The first-order valence-corrected chi connectivity index (χ1v) is 9.24. The second-order valence-electron chi connectivity index (χ2n) is 6.06. The van der Waals surface area contributed by atoms with Crippen molar-refractivity contribution in [2.24, 2.45) is 0 Å². The maximum atomic E-state index is 12.6. The summed E-state index contributed by atoms with van der Waals surface area (Å²) >= 11 is 5.90. The molecule has 1 aromatic heterocycles. The van der Waals surface area contributed by atoms with E-state index in [2.05, 4.69) is 33.6 Å². The Kier molecular flexibility index (Phi) is 7.66. The Morgan fingerprint density at radius 2 is 1.78 bits per heavy atom. The van der Waals surface area contributed by atoms with Crippen LogP contribution in [0.2, 0.25) is 5.02 Å². The highest BCUT2D eigenvalue weighted by atomic mass is 35.5. The van der Waals surface area contributed by atoms with Gasteiger partial charge in [-0.15, -0.1) is 12.4 Å². The van der Waals surface area contributed by atoms with Crippen LogP contribution in [-0.2, 0) is 6.54 Å². The number of carbonyl (C=O) groups is 1. The molecule has 0 fully saturated rings. The Morgan fingerprint density at radius 3 is 2.44 bits per heavy atom. The summed E-state index contributed by atoms with van der Waals surface area (Å²) in [5, 5.41) is 3.55. The van der Waals surface area contributed by atoms with Crippen molar-refractivity contribution in [3.63, 3.8) is 0 Å². The van der Waals surface area contributed by atoms with E-state index >= 15 is 0 Å². The molecule has 0 radical (unpaired) electrons. The van der Waals surface area contributed by atoms with Gasteiger partial charge in [-0.3, -0.25) is 10.1 Å². The number of para-hydroxylation sites is 2. The number of anilines is 1. The summed E-state index contributed by atoms with van der Waals surface area (Å²) in [4.78, 5) is 19.5. The number of rotatable bonds is 7. The van der Waals surface area contributed by atoms with Crippen LogP contribution in [0.25, 0.3) is 11.0 Å². The molecule has 144 valence electrons. The third kappa shape index (κ3) is 5.01. The topological polar surface area (TPSA) is 50.2 Å². The van der Waals surface area contributed by atoms with Crippen molar-refractivity contribution in [2.75, 3.05) is 25.0 Å². The lowest BCUT2D eigenvalue weighted by Crippen LogP contribution is -2.27. The molecule has 0 atom stereocenters. The summed E-state index contributed by atoms with van der Waals surface area (Å²) in [5.41, 5.74) is 2.45. The number of hydrogen-bond donors (Lipinski definition) is 1. The number of nitrogens with zero attached hydrogens (tertiary/aromatic N) is 3. The van der Waals surface area contributed by atoms with Crippen LogP contribution in [0.15, 0.2) is 48.5 Å². The molecule has 1 heterocycles. The Hall–Kier alpha value is -2.08. The van der Waals surface area contributed by atoms with E-state index in [4.69, 9.17) is 11.6 Å². The summed E-state index contributed by atoms with van der Waals surface area (Å²) in [6.45, 7) is 7.96. The van der Waals surface area contributed by atoms with E-state index in [9.17, 15) is 4.79 Å². The number of hydrogen-bond acceptors (Lipinski definition) is 3. The van der Waals surface area contributed by atoms with Crippen molar-refractivity contribution in [1.82, 2.24) is 14.5 Å². The molecule has 0 saturated carbocycles. The largest absolute Gasteiger partial charge is 0.309 e. The van der Waals surface area contributed by atoms with Gasteiger partial charge >= 0.3 is 0 Å². The number of halogens is 2. The molecule has 0 aliphatic heterocycles. The summed E-state index contributed by atoms with van der Waals surface area (Å²) < 4.78 is 2.07. The number of nitrogens with one attached hydrogen (secondary N) is 1. The molecule has 2 aromatic carbocycles. The van der Waals surface area contributed by atoms with Crippen LogP contribution in [0.3, 0.4) is 0 Å². The molecule has 0 bridgehead atoms. The molecule has 3 rings (SSSR count). The van der Waals surface area contributed by atoms with Crippen LogP contribution in [0, 0.1) is 0 Å². The Labute approximate surface area is 170 Å². The monoisotopic (exact) mass is 406 g/mol. The summed E-state index contributed by atoms with van der Waals surface area (Å²) in [6, 6.07) is 14.8. The van der Waals surface area contributed by atoms with Crippen molar-refractivity contribution >= 4 is 46.9 Å². The average molecular weight is 407 g/mol. The number of imidazole rings is 1. The van der Waals surface area contributed by atoms with Crippen LogP contribution < -0.4 is 5.32 Å². The van der Waals surface area contributed by atoms with Gasteiger partial charge < -0.3 is 9.47 Å². The summed E-state index contributed by atoms with van der Waals surface area (Å²) in [5.74, 6) is 0.374. The van der Waals surface area contributed by atoms with Gasteiger partial charge in [-0.1, -0.05) is 37.6 Å². The molecule has 0 aliphatic carbocycles. The SMILES string of the molecule is CCN(CC)CCn1c(NC(=O)c2ccc(Cl)cc2)nc2ccccc21.Cl. The zero-order chi connectivity index (χ0) is 18.5. The van der Waals surface area contributed by atoms with Crippen molar-refractivity contribution in [3.8, 4) is 0 Å². The van der Waals surface area contributed by atoms with E-state index in [1.807, 2.05) is 24.3 Å². The molecular weight excluding hydrogens is 383 g/mol. The van der Waals surface area contributed by atoms with E-state index in [0.29, 0.717) is 16.5 Å². The third-order valence-electron chi connectivity index (χ3n) is 4.52. The van der Waals surface area contributed by atoms with Gasteiger partial charge in [-0.2, -0.15) is 0 Å². The standard InChI is InChI=1S/C20H23ClN4O.ClH/c1-3-24(4-2)13-14-25-18-8-6-5-7-17(18)22-20(25)23-19(26)15-9-11-16(21)12-10-15;/h5-12H,3-4,13-14H2,1-2H3,(H,22,23,26);1H. The smallest absolute Gasteiger partial charge is 0.257 e. The molecule has 0 spiro atoms. The number of benzene rings is 2. The van der Waals surface area contributed by atoms with Crippen LogP contribution in [-0.4, -0.2) is 40.0 Å². The summed E-state index contributed by atoms with van der Waals surface area (Å²) in [7, 11) is 0. The zero-order valence-electron chi connectivity index (χ0n) is 15.5. The normalized spacial score (nSPS) is 10.8. The molecule has 27 heavy (non-hydrogen) atoms. The minimum Gasteiger partial charge on any atom is -0.309 e. The molecule has 3 aromatic rings. The molecular formula is C20H24Cl2N4O. The first-order valence-electron chi connectivity index (χ1n) is 8.87. The number of fused-ring (bicyclic) bond motifs is 1. The lowest BCUT2D eigenvalue weighted by atomic mass is 10.2. The van der Waals surface area contributed by atoms with Gasteiger partial charge in [-0.05, 0) is 49.5 Å². The van der Waals surface area contributed by atoms with Gasteiger partial charge in [0.05, 0.1) is 11.0 Å². The number of carbonyl (C=O) groups excluding carboxylic acids is 1. The second kappa shape index (κ2) is 9.74. The molecule has 5 nitrogen and oxygen atoms in total. The van der Waals surface area contributed by atoms with Gasteiger partial charge in [0.1, 0.15) is 0 Å². The summed E-state index contributed by atoms with van der Waals surface area (Å²) in [6.07, 6.45) is 0. The van der Waals surface area contributed by atoms with Gasteiger partial charge in [0.25, 0.3) is 5.91 Å². The fourth-order valence-corrected chi connectivity index (χ4v) is 3.08. The van der Waals surface area contributed by atoms with Crippen LogP contribution >= 0.6 is 24.0 Å². The van der Waals surface area contributed by atoms with Crippen molar-refractivity contribution < 1.29 is 4.79 Å². The minimum atomic E-state index is -0.193. The first kappa shape index (κ1) is 21.2. The lowest BCUT2D eigenvalue weighted by Gasteiger charge is -2.19. The maximum absolute atomic E-state index is 12.6. The Morgan fingerprint density at radius 1 is 1.11 bits per heavy atom. The lowest BCUT2D eigenvalue weighted by molar-refractivity contribution is 0.102. The highest BCUT2D eigenvalue weighted by Crippen LogP contribution is 2.20. The second-order valence-corrected chi connectivity index (χ2v) is 6.50. The van der Waals surface area contributed by atoms with Crippen LogP contribution in [0.5, 0.6) is 0 Å². The molecule has 7 heteroatoms.